The van der Waals surface area contributed by atoms with E-state index in [9.17, 15) is 14.4 Å². The van der Waals surface area contributed by atoms with Crippen LogP contribution in [0, 0.1) is 0 Å². The minimum Gasteiger partial charge on any atom is -0.496 e. The third kappa shape index (κ3) is 4.48. The molecule has 2 fully saturated rings. The number of benzene rings is 2. The summed E-state index contributed by atoms with van der Waals surface area (Å²) in [4.78, 5) is 46.8. The number of aromatic nitrogens is 1. The van der Waals surface area contributed by atoms with Crippen molar-refractivity contribution < 1.29 is 19.1 Å². The van der Waals surface area contributed by atoms with E-state index >= 15 is 0 Å². The lowest BCUT2D eigenvalue weighted by Gasteiger charge is -2.32. The largest absolute Gasteiger partial charge is 0.496 e. The molecule has 2 aromatic carbocycles. The summed E-state index contributed by atoms with van der Waals surface area (Å²) in [6.07, 6.45) is 2.09. The smallest absolute Gasteiger partial charge is 0.325 e. The molecule has 9 heteroatoms. The molecule has 182 valence electrons. The number of fused-ring (bicyclic) bond motifs is 1. The van der Waals surface area contributed by atoms with E-state index in [0.717, 1.165) is 38.5 Å². The third-order valence-corrected chi connectivity index (χ3v) is 8.01. The van der Waals surface area contributed by atoms with Crippen LogP contribution in [0.15, 0.2) is 48.5 Å². The molecule has 35 heavy (non-hydrogen) atoms. The minimum atomic E-state index is -1.14. The Balaban J connectivity index is 1.26. The molecule has 5 rings (SSSR count). The van der Waals surface area contributed by atoms with Gasteiger partial charge >= 0.3 is 6.03 Å². The lowest BCUT2D eigenvalue weighted by molar-refractivity contribution is -0.139. The maximum Gasteiger partial charge on any atom is 0.325 e. The third-order valence-electron chi connectivity index (χ3n) is 6.81. The topological polar surface area (TPSA) is 91.8 Å². The number of carbonyl (C=O) groups excluding carboxylic acids is 3. The molecule has 0 aliphatic carbocycles. The second kappa shape index (κ2) is 9.30. The van der Waals surface area contributed by atoms with E-state index in [-0.39, 0.29) is 24.8 Å². The Hall–Kier alpha value is -3.46. The fraction of sp³-hybridized carbons (Fsp3) is 0.385. The van der Waals surface area contributed by atoms with E-state index in [0.29, 0.717) is 18.8 Å². The van der Waals surface area contributed by atoms with Crippen LogP contribution in [0.5, 0.6) is 5.75 Å². The van der Waals surface area contributed by atoms with E-state index < -0.39 is 17.5 Å². The van der Waals surface area contributed by atoms with Crippen molar-refractivity contribution in [2.24, 2.45) is 0 Å². The zero-order valence-corrected chi connectivity index (χ0v) is 20.6. The molecule has 0 bridgehead atoms. The fourth-order valence-corrected chi connectivity index (χ4v) is 6.04. The Bertz CT molecular complexity index is 1260. The van der Waals surface area contributed by atoms with Crippen LogP contribution < -0.4 is 10.1 Å². The summed E-state index contributed by atoms with van der Waals surface area (Å²) in [6.45, 7) is 2.58. The van der Waals surface area contributed by atoms with Gasteiger partial charge in [-0.1, -0.05) is 30.3 Å². The monoisotopic (exact) mass is 492 g/mol. The van der Waals surface area contributed by atoms with Gasteiger partial charge in [0.1, 0.15) is 17.8 Å². The zero-order valence-electron chi connectivity index (χ0n) is 19.8. The Morgan fingerprint density at radius 1 is 1.20 bits per heavy atom. The van der Waals surface area contributed by atoms with Gasteiger partial charge in [-0.15, -0.1) is 11.3 Å². The quantitative estimate of drug-likeness (QED) is 0.531. The number of ether oxygens (including phenoxy) is 1. The first-order valence-electron chi connectivity index (χ1n) is 11.8. The van der Waals surface area contributed by atoms with Crippen molar-refractivity contribution in [3.05, 3.63) is 59.1 Å². The summed E-state index contributed by atoms with van der Waals surface area (Å²) >= 11 is 1.67. The molecule has 3 aromatic rings. The number of thiazole rings is 1. The van der Waals surface area contributed by atoms with Gasteiger partial charge in [0.05, 0.1) is 22.3 Å². The predicted octanol–water partition coefficient (Wildman–Crippen LogP) is 3.56. The number of piperidine rings is 1. The van der Waals surface area contributed by atoms with Gasteiger partial charge in [0.2, 0.25) is 5.91 Å². The van der Waals surface area contributed by atoms with Crippen molar-refractivity contribution in [1.82, 2.24) is 20.1 Å². The molecule has 8 nitrogen and oxygen atoms in total. The molecule has 1 N–H and O–H groups in total. The SMILES string of the molecule is COc1ccccc1C[C@]1(C)NC(=O)N(CC(=O)N2CCC[C@H](c3nc4ccccc4s3)C2)C1=O. The number of imide groups is 1. The van der Waals surface area contributed by atoms with Crippen LogP contribution in [-0.2, 0) is 16.0 Å². The molecule has 0 saturated carbocycles. The first-order valence-corrected chi connectivity index (χ1v) is 12.6. The Kier molecular flexibility index (Phi) is 6.19. The highest BCUT2D eigenvalue weighted by atomic mass is 32.1. The zero-order chi connectivity index (χ0) is 24.6. The van der Waals surface area contributed by atoms with E-state index in [4.69, 9.17) is 9.72 Å². The van der Waals surface area contributed by atoms with Crippen molar-refractivity contribution in [3.63, 3.8) is 0 Å². The van der Waals surface area contributed by atoms with Gasteiger partial charge in [0, 0.05) is 25.4 Å². The molecule has 2 aliphatic heterocycles. The number of hydrogen-bond donors (Lipinski definition) is 1. The fourth-order valence-electron chi connectivity index (χ4n) is 4.95. The van der Waals surface area contributed by atoms with Crippen molar-refractivity contribution in [2.75, 3.05) is 26.7 Å². The van der Waals surface area contributed by atoms with Crippen molar-refractivity contribution >= 4 is 39.4 Å². The second-order valence-electron chi connectivity index (χ2n) is 9.34. The van der Waals surface area contributed by atoms with Crippen LogP contribution in [-0.4, -0.2) is 64.9 Å². The highest BCUT2D eigenvalue weighted by Gasteiger charge is 2.49. The summed E-state index contributed by atoms with van der Waals surface area (Å²) in [5.74, 6) is 0.186. The summed E-state index contributed by atoms with van der Waals surface area (Å²) in [5, 5.41) is 3.82. The second-order valence-corrected chi connectivity index (χ2v) is 10.4. The Labute approximate surface area is 207 Å². The van der Waals surface area contributed by atoms with E-state index in [1.807, 2.05) is 42.5 Å². The number of methoxy groups -OCH3 is 1. The van der Waals surface area contributed by atoms with Gasteiger partial charge in [-0.25, -0.2) is 9.78 Å². The summed E-state index contributed by atoms with van der Waals surface area (Å²) in [7, 11) is 1.57. The normalized spacial score (nSPS) is 22.5. The molecule has 0 spiro atoms. The average molecular weight is 493 g/mol. The van der Waals surface area contributed by atoms with Crippen molar-refractivity contribution in [2.45, 2.75) is 37.6 Å². The Morgan fingerprint density at radius 2 is 1.97 bits per heavy atom. The maximum absolute atomic E-state index is 13.3. The van der Waals surface area contributed by atoms with Crippen LogP contribution in [0.1, 0.15) is 36.3 Å². The number of carbonyl (C=O) groups is 3. The molecule has 4 amide bonds. The van der Waals surface area contributed by atoms with Gasteiger partial charge in [-0.2, -0.15) is 0 Å². The average Bonchev–Trinajstić information content (AvgIpc) is 3.39. The highest BCUT2D eigenvalue weighted by Crippen LogP contribution is 2.33. The van der Waals surface area contributed by atoms with Gasteiger partial charge in [-0.3, -0.25) is 14.5 Å². The molecule has 0 unspecified atom stereocenters. The first kappa shape index (κ1) is 23.3. The van der Waals surface area contributed by atoms with Crippen LogP contribution in [0.4, 0.5) is 4.79 Å². The molecule has 2 saturated heterocycles. The standard InChI is InChI=1S/C26H28N4O4S/c1-26(14-17-8-3-5-11-20(17)34-2)24(32)30(25(33)28-26)16-22(31)29-13-7-9-18(15-29)23-27-19-10-4-6-12-21(19)35-23/h3-6,8,10-12,18H,7,9,13-16H2,1-2H3,(H,28,33)/t18-,26-/m0/s1. The van der Waals surface area contributed by atoms with Gasteiger partial charge in [-0.05, 0) is 43.5 Å². The van der Waals surface area contributed by atoms with Crippen LogP contribution in [0.25, 0.3) is 10.2 Å². The van der Waals surface area contributed by atoms with Crippen molar-refractivity contribution in [3.8, 4) is 5.75 Å². The molecule has 2 atom stereocenters. The number of nitrogens with zero attached hydrogens (tertiary/aromatic N) is 3. The number of nitrogens with one attached hydrogen (secondary N) is 1. The minimum absolute atomic E-state index is 0.156. The summed E-state index contributed by atoms with van der Waals surface area (Å²) in [6, 6.07) is 14.9. The molecular formula is C26H28N4O4S. The molecule has 0 radical (unpaired) electrons. The number of para-hydroxylation sites is 2. The Morgan fingerprint density at radius 3 is 2.77 bits per heavy atom. The predicted molar refractivity (Wildman–Crippen MR) is 134 cm³/mol. The molecule has 2 aliphatic rings. The molecule has 1 aromatic heterocycles. The van der Waals surface area contributed by atoms with Gasteiger partial charge in [0.15, 0.2) is 0 Å². The number of urea groups is 1. The number of hydrogen-bond acceptors (Lipinski definition) is 6. The van der Waals surface area contributed by atoms with Gasteiger partial charge < -0.3 is 15.0 Å². The highest BCUT2D eigenvalue weighted by molar-refractivity contribution is 7.18. The number of rotatable bonds is 6. The maximum atomic E-state index is 13.3. The summed E-state index contributed by atoms with van der Waals surface area (Å²) < 4.78 is 6.54. The lowest BCUT2D eigenvalue weighted by Crippen LogP contribution is -2.48. The van der Waals surface area contributed by atoms with Crippen LogP contribution in [0.3, 0.4) is 0 Å². The van der Waals surface area contributed by atoms with E-state index in [1.54, 1.807) is 30.3 Å². The van der Waals surface area contributed by atoms with Gasteiger partial charge in [0.25, 0.3) is 5.91 Å². The lowest BCUT2D eigenvalue weighted by atomic mass is 9.92. The molecular weight excluding hydrogens is 464 g/mol. The van der Waals surface area contributed by atoms with E-state index in [1.165, 1.54) is 0 Å². The van der Waals surface area contributed by atoms with Crippen LogP contribution in [0.2, 0.25) is 0 Å². The molecule has 3 heterocycles. The number of amides is 4. The number of likely N-dealkylation sites (tertiary alicyclic amines) is 1. The van der Waals surface area contributed by atoms with Crippen LogP contribution >= 0.6 is 11.3 Å². The first-order chi connectivity index (χ1) is 16.9. The summed E-state index contributed by atoms with van der Waals surface area (Å²) in [5.41, 5.74) is 0.649. The van der Waals surface area contributed by atoms with E-state index in [2.05, 4.69) is 11.4 Å². The van der Waals surface area contributed by atoms with Crippen molar-refractivity contribution in [1.29, 1.82) is 0 Å².